The average Bonchev–Trinajstić information content (AvgIpc) is 3.00. The van der Waals surface area contributed by atoms with Gasteiger partial charge in [0.2, 0.25) is 5.91 Å². The monoisotopic (exact) mass is 450 g/mol. The minimum Gasteiger partial charge on any atom is -0.390 e. The van der Waals surface area contributed by atoms with Gasteiger partial charge in [0, 0.05) is 36.5 Å². The normalized spacial score (nSPS) is 23.2. The summed E-state index contributed by atoms with van der Waals surface area (Å²) in [5, 5.41) is 13.9. The molecule has 1 aromatic heterocycles. The summed E-state index contributed by atoms with van der Waals surface area (Å²) in [4.78, 5) is 22.7. The first-order chi connectivity index (χ1) is 15.9. The minimum absolute atomic E-state index is 0.0262. The van der Waals surface area contributed by atoms with Crippen molar-refractivity contribution >= 4 is 28.8 Å². The number of ether oxygens (including phenoxy) is 1. The number of rotatable bonds is 3. The lowest BCUT2D eigenvalue weighted by molar-refractivity contribution is -0.124. The summed E-state index contributed by atoms with van der Waals surface area (Å²) in [5.41, 5.74) is 3.25. The summed E-state index contributed by atoms with van der Waals surface area (Å²) in [6.07, 6.45) is 5.17. The molecule has 7 heteroatoms. The predicted molar refractivity (Wildman–Crippen MR) is 130 cm³/mol. The van der Waals surface area contributed by atoms with Crippen molar-refractivity contribution in [1.29, 1.82) is 0 Å². The molecule has 0 bridgehead atoms. The Kier molecular flexibility index (Phi) is 6.01. The molecule has 0 spiro atoms. The minimum atomic E-state index is -0.690. The number of pyridine rings is 1. The standard InChI is InChI=1S/C26H34N4O3/c1-26(2,32)20-7-5-18(6-8-20)25(31)30-17-19-4-3-11-27-24(19)28-22-10-9-21(16-23(22)30)29-12-14-33-15-13-29/h3-4,9-11,16,18,20,32H,5-8,12-15,17H2,1-2H3,(H,27,28)/t18-,20-. The number of carbonyl (C=O) groups excluding carboxylic acids is 1. The van der Waals surface area contributed by atoms with Crippen molar-refractivity contribution in [3.05, 3.63) is 42.1 Å². The van der Waals surface area contributed by atoms with Gasteiger partial charge >= 0.3 is 0 Å². The van der Waals surface area contributed by atoms with Crippen LogP contribution in [0.4, 0.5) is 22.9 Å². The van der Waals surface area contributed by atoms with Gasteiger partial charge in [-0.15, -0.1) is 0 Å². The van der Waals surface area contributed by atoms with E-state index >= 15 is 0 Å². The maximum Gasteiger partial charge on any atom is 0.230 e. The Balaban J connectivity index is 1.46. The van der Waals surface area contributed by atoms with Crippen molar-refractivity contribution in [3.8, 4) is 0 Å². The Labute approximate surface area is 195 Å². The highest BCUT2D eigenvalue weighted by Crippen LogP contribution is 2.41. The number of amides is 1. The molecule has 5 rings (SSSR count). The van der Waals surface area contributed by atoms with Gasteiger partial charge in [0.05, 0.1) is 36.7 Å². The number of anilines is 4. The molecule has 1 aliphatic carbocycles. The lowest BCUT2D eigenvalue weighted by Crippen LogP contribution is -2.40. The third kappa shape index (κ3) is 4.57. The van der Waals surface area contributed by atoms with Gasteiger partial charge in [0.15, 0.2) is 0 Å². The first-order valence-corrected chi connectivity index (χ1v) is 12.1. The molecule has 1 aromatic carbocycles. The molecule has 1 amide bonds. The number of carbonyl (C=O) groups is 1. The fourth-order valence-electron chi connectivity index (χ4n) is 5.39. The summed E-state index contributed by atoms with van der Waals surface area (Å²) in [6, 6.07) is 10.3. The number of nitrogens with one attached hydrogen (secondary N) is 1. The molecule has 7 nitrogen and oxygen atoms in total. The molecule has 0 atom stereocenters. The fourth-order valence-corrected chi connectivity index (χ4v) is 5.39. The van der Waals surface area contributed by atoms with Gasteiger partial charge in [0.25, 0.3) is 0 Å². The van der Waals surface area contributed by atoms with Gasteiger partial charge in [0.1, 0.15) is 5.82 Å². The molecule has 2 fully saturated rings. The molecule has 0 radical (unpaired) electrons. The molecule has 176 valence electrons. The quantitative estimate of drug-likeness (QED) is 0.734. The number of hydrogen-bond donors (Lipinski definition) is 2. The van der Waals surface area contributed by atoms with Crippen LogP contribution in [0.25, 0.3) is 0 Å². The molecule has 33 heavy (non-hydrogen) atoms. The molecule has 0 unspecified atom stereocenters. The van der Waals surface area contributed by atoms with Crippen molar-refractivity contribution < 1.29 is 14.6 Å². The number of hydrogen-bond acceptors (Lipinski definition) is 6. The van der Waals surface area contributed by atoms with Gasteiger partial charge in [-0.3, -0.25) is 4.79 Å². The van der Waals surface area contributed by atoms with Gasteiger partial charge in [-0.2, -0.15) is 0 Å². The van der Waals surface area contributed by atoms with Crippen molar-refractivity contribution in [2.45, 2.75) is 51.7 Å². The number of aromatic nitrogens is 1. The van der Waals surface area contributed by atoms with Crippen LogP contribution in [0.5, 0.6) is 0 Å². The van der Waals surface area contributed by atoms with E-state index in [-0.39, 0.29) is 17.7 Å². The first-order valence-electron chi connectivity index (χ1n) is 12.1. The van der Waals surface area contributed by atoms with Crippen LogP contribution in [0, 0.1) is 11.8 Å². The Morgan fingerprint density at radius 1 is 1.15 bits per heavy atom. The molecule has 3 aliphatic rings. The smallest absolute Gasteiger partial charge is 0.230 e. The van der Waals surface area contributed by atoms with Crippen molar-refractivity contribution in [2.24, 2.45) is 11.8 Å². The number of aliphatic hydroxyl groups is 1. The van der Waals surface area contributed by atoms with Crippen molar-refractivity contribution in [1.82, 2.24) is 4.98 Å². The molecule has 1 saturated carbocycles. The Hall–Kier alpha value is -2.64. The van der Waals surface area contributed by atoms with Gasteiger partial charge < -0.3 is 25.0 Å². The second-order valence-electron chi connectivity index (χ2n) is 10.1. The topological polar surface area (TPSA) is 77.9 Å². The van der Waals surface area contributed by atoms with E-state index in [0.29, 0.717) is 6.54 Å². The van der Waals surface area contributed by atoms with E-state index in [1.165, 1.54) is 0 Å². The van der Waals surface area contributed by atoms with Crippen molar-refractivity contribution in [2.75, 3.05) is 41.4 Å². The van der Waals surface area contributed by atoms with E-state index in [1.54, 1.807) is 6.20 Å². The summed E-state index contributed by atoms with van der Waals surface area (Å²) in [6.45, 7) is 7.41. The largest absolute Gasteiger partial charge is 0.390 e. The van der Waals surface area contributed by atoms with Crippen LogP contribution in [0.15, 0.2) is 36.5 Å². The number of nitrogens with zero attached hydrogens (tertiary/aromatic N) is 3. The van der Waals surface area contributed by atoms with Crippen LogP contribution in [-0.4, -0.2) is 47.9 Å². The number of fused-ring (bicyclic) bond motifs is 2. The SMILES string of the molecule is CC(C)(O)[C@H]1CC[C@H](C(=O)N2Cc3cccnc3Nc3ccc(N4CCOCC4)cc32)CC1. The zero-order valence-corrected chi connectivity index (χ0v) is 19.6. The third-order valence-electron chi connectivity index (χ3n) is 7.46. The number of benzene rings is 1. The second kappa shape index (κ2) is 8.95. The van der Waals surface area contributed by atoms with E-state index in [9.17, 15) is 9.90 Å². The molecule has 2 aliphatic heterocycles. The third-order valence-corrected chi connectivity index (χ3v) is 7.46. The van der Waals surface area contributed by atoms with E-state index in [1.807, 2.05) is 30.9 Å². The summed E-state index contributed by atoms with van der Waals surface area (Å²) < 4.78 is 5.52. The molecule has 3 heterocycles. The van der Waals surface area contributed by atoms with Crippen LogP contribution in [0.1, 0.15) is 45.1 Å². The van der Waals surface area contributed by atoms with Crippen LogP contribution >= 0.6 is 0 Å². The maximum atomic E-state index is 13.9. The van der Waals surface area contributed by atoms with Crippen LogP contribution in [0.2, 0.25) is 0 Å². The molecule has 2 N–H and O–H groups in total. The number of morpholine rings is 1. The van der Waals surface area contributed by atoms with E-state index in [2.05, 4.69) is 33.4 Å². The van der Waals surface area contributed by atoms with E-state index in [0.717, 1.165) is 80.4 Å². The second-order valence-corrected chi connectivity index (χ2v) is 10.1. The molecular weight excluding hydrogens is 416 g/mol. The predicted octanol–water partition coefficient (Wildman–Crippen LogP) is 4.09. The van der Waals surface area contributed by atoms with E-state index < -0.39 is 5.60 Å². The van der Waals surface area contributed by atoms with Gasteiger partial charge in [-0.05, 0) is 69.7 Å². The Bertz CT molecular complexity index is 1000. The molecule has 2 aromatic rings. The Morgan fingerprint density at radius 2 is 1.91 bits per heavy atom. The maximum absolute atomic E-state index is 13.9. The summed E-state index contributed by atoms with van der Waals surface area (Å²) in [5.74, 6) is 1.20. The summed E-state index contributed by atoms with van der Waals surface area (Å²) in [7, 11) is 0. The van der Waals surface area contributed by atoms with Gasteiger partial charge in [-0.1, -0.05) is 6.07 Å². The molecular formula is C26H34N4O3. The van der Waals surface area contributed by atoms with Crippen LogP contribution in [-0.2, 0) is 16.1 Å². The highest BCUT2D eigenvalue weighted by molar-refractivity contribution is 6.00. The highest BCUT2D eigenvalue weighted by Gasteiger charge is 2.36. The lowest BCUT2D eigenvalue weighted by atomic mass is 9.74. The zero-order valence-electron chi connectivity index (χ0n) is 19.6. The Morgan fingerprint density at radius 3 is 2.64 bits per heavy atom. The zero-order chi connectivity index (χ0) is 23.0. The van der Waals surface area contributed by atoms with Gasteiger partial charge in [-0.25, -0.2) is 4.98 Å². The summed E-state index contributed by atoms with van der Waals surface area (Å²) >= 11 is 0. The fraction of sp³-hybridized carbons (Fsp3) is 0.538. The molecule has 1 saturated heterocycles. The van der Waals surface area contributed by atoms with Crippen molar-refractivity contribution in [3.63, 3.8) is 0 Å². The first kappa shape index (κ1) is 22.2. The van der Waals surface area contributed by atoms with Crippen LogP contribution in [0.3, 0.4) is 0 Å². The van der Waals surface area contributed by atoms with Crippen LogP contribution < -0.4 is 15.1 Å². The lowest BCUT2D eigenvalue weighted by Gasteiger charge is -2.37. The van der Waals surface area contributed by atoms with E-state index in [4.69, 9.17) is 4.74 Å². The average molecular weight is 451 g/mol. The highest BCUT2D eigenvalue weighted by atomic mass is 16.5.